The van der Waals surface area contributed by atoms with E-state index in [0.29, 0.717) is 11.6 Å². The van der Waals surface area contributed by atoms with Crippen LogP contribution in [0.5, 0.6) is 5.75 Å². The van der Waals surface area contributed by atoms with Gasteiger partial charge in [-0.05, 0) is 64.3 Å². The lowest BCUT2D eigenvalue weighted by Crippen LogP contribution is -2.29. The highest BCUT2D eigenvalue weighted by Crippen LogP contribution is 2.36. The summed E-state index contributed by atoms with van der Waals surface area (Å²) in [7, 11) is 0. The molecule has 0 bridgehead atoms. The zero-order valence-electron chi connectivity index (χ0n) is 12.9. The van der Waals surface area contributed by atoms with Crippen molar-refractivity contribution in [1.82, 2.24) is 5.32 Å². The summed E-state index contributed by atoms with van der Waals surface area (Å²) in [6.45, 7) is 7.33. The molecule has 1 amide bonds. The minimum atomic E-state index is -0.566. The van der Waals surface area contributed by atoms with Gasteiger partial charge in [-0.25, -0.2) is 4.79 Å². The normalized spacial score (nSPS) is 16.5. The third kappa shape index (κ3) is 4.36. The molecule has 0 aromatic heterocycles. The van der Waals surface area contributed by atoms with Crippen LogP contribution < -0.4 is 10.6 Å². The van der Waals surface area contributed by atoms with Crippen molar-refractivity contribution in [2.24, 2.45) is 0 Å². The van der Waals surface area contributed by atoms with Crippen molar-refractivity contribution < 1.29 is 14.6 Å². The highest BCUT2D eigenvalue weighted by molar-refractivity contribution is 5.88. The standard InChI is InChI=1S/C16H24N2O3/c1-16(2,3)21-15(20)18-14-12(5-4-6-13(14)19)11-7-9-17-10-8-11/h4-6,11,17,19H,7-10H2,1-3H3,(H,18,20). The first-order valence-corrected chi connectivity index (χ1v) is 7.39. The van der Waals surface area contributed by atoms with Crippen molar-refractivity contribution in [2.45, 2.75) is 45.1 Å². The molecule has 0 unspecified atom stereocenters. The second-order valence-corrected chi connectivity index (χ2v) is 6.39. The minimum absolute atomic E-state index is 0.0805. The number of benzene rings is 1. The lowest BCUT2D eigenvalue weighted by molar-refractivity contribution is 0.0635. The molecule has 1 heterocycles. The number of para-hydroxylation sites is 1. The molecule has 0 aliphatic carbocycles. The summed E-state index contributed by atoms with van der Waals surface area (Å²) in [5.41, 5.74) is 0.879. The second kappa shape index (κ2) is 6.35. The molecule has 0 radical (unpaired) electrons. The van der Waals surface area contributed by atoms with E-state index in [-0.39, 0.29) is 5.75 Å². The van der Waals surface area contributed by atoms with Gasteiger partial charge in [-0.15, -0.1) is 0 Å². The van der Waals surface area contributed by atoms with Gasteiger partial charge < -0.3 is 15.2 Å². The van der Waals surface area contributed by atoms with Crippen molar-refractivity contribution in [3.8, 4) is 5.75 Å². The molecule has 1 aliphatic rings. The van der Waals surface area contributed by atoms with Gasteiger partial charge in [0.1, 0.15) is 11.4 Å². The maximum atomic E-state index is 12.0. The number of amides is 1. The van der Waals surface area contributed by atoms with E-state index < -0.39 is 11.7 Å². The number of carbonyl (C=O) groups is 1. The fourth-order valence-electron chi connectivity index (χ4n) is 2.57. The molecule has 0 atom stereocenters. The van der Waals surface area contributed by atoms with Gasteiger partial charge in [0.2, 0.25) is 0 Å². The third-order valence-electron chi connectivity index (χ3n) is 3.48. The monoisotopic (exact) mass is 292 g/mol. The molecule has 0 spiro atoms. The van der Waals surface area contributed by atoms with E-state index in [1.165, 1.54) is 0 Å². The Morgan fingerprint density at radius 3 is 2.62 bits per heavy atom. The number of carbonyl (C=O) groups excluding carboxylic acids is 1. The van der Waals surface area contributed by atoms with Crippen LogP contribution in [0.3, 0.4) is 0 Å². The third-order valence-corrected chi connectivity index (χ3v) is 3.48. The Kier molecular flexibility index (Phi) is 4.73. The summed E-state index contributed by atoms with van der Waals surface area (Å²) in [4.78, 5) is 12.0. The van der Waals surface area contributed by atoms with Gasteiger partial charge in [0, 0.05) is 0 Å². The Morgan fingerprint density at radius 2 is 2.00 bits per heavy atom. The minimum Gasteiger partial charge on any atom is -0.506 e. The maximum absolute atomic E-state index is 12.0. The Labute approximate surface area is 125 Å². The Hall–Kier alpha value is -1.75. The van der Waals surface area contributed by atoms with Gasteiger partial charge in [0.15, 0.2) is 0 Å². The largest absolute Gasteiger partial charge is 0.506 e. The number of ether oxygens (including phenoxy) is 1. The van der Waals surface area contributed by atoms with Crippen molar-refractivity contribution >= 4 is 11.8 Å². The first kappa shape index (κ1) is 15.6. The smallest absolute Gasteiger partial charge is 0.412 e. The predicted octanol–water partition coefficient (Wildman–Crippen LogP) is 3.21. The summed E-state index contributed by atoms with van der Waals surface area (Å²) >= 11 is 0. The van der Waals surface area contributed by atoms with Crippen LogP contribution in [0.4, 0.5) is 10.5 Å². The molecule has 1 aromatic rings. The molecule has 0 saturated carbocycles. The van der Waals surface area contributed by atoms with Crippen LogP contribution in [-0.2, 0) is 4.74 Å². The van der Waals surface area contributed by atoms with E-state index in [1.54, 1.807) is 6.07 Å². The van der Waals surface area contributed by atoms with Crippen molar-refractivity contribution in [2.75, 3.05) is 18.4 Å². The molecule has 2 rings (SSSR count). The van der Waals surface area contributed by atoms with Crippen molar-refractivity contribution in [3.63, 3.8) is 0 Å². The number of anilines is 1. The van der Waals surface area contributed by atoms with Gasteiger partial charge in [-0.3, -0.25) is 5.32 Å². The van der Waals surface area contributed by atoms with Crippen LogP contribution in [0.15, 0.2) is 18.2 Å². The highest BCUT2D eigenvalue weighted by atomic mass is 16.6. The Bertz CT molecular complexity index is 503. The summed E-state index contributed by atoms with van der Waals surface area (Å²) in [6, 6.07) is 5.35. The number of phenolic OH excluding ortho intramolecular Hbond substituents is 1. The van der Waals surface area contributed by atoms with E-state index in [1.807, 2.05) is 32.9 Å². The summed E-state index contributed by atoms with van der Waals surface area (Å²) in [6.07, 6.45) is 1.44. The van der Waals surface area contributed by atoms with E-state index in [0.717, 1.165) is 31.5 Å². The lowest BCUT2D eigenvalue weighted by atomic mass is 9.89. The number of hydrogen-bond acceptors (Lipinski definition) is 4. The molecule has 5 heteroatoms. The maximum Gasteiger partial charge on any atom is 0.412 e. The molecule has 21 heavy (non-hydrogen) atoms. The van der Waals surface area contributed by atoms with Crippen LogP contribution in [0.1, 0.15) is 45.1 Å². The van der Waals surface area contributed by atoms with Crippen molar-refractivity contribution in [1.29, 1.82) is 0 Å². The number of piperidine rings is 1. The average molecular weight is 292 g/mol. The van der Waals surface area contributed by atoms with Gasteiger partial charge in [-0.1, -0.05) is 12.1 Å². The zero-order chi connectivity index (χ0) is 15.5. The quantitative estimate of drug-likeness (QED) is 0.732. The highest BCUT2D eigenvalue weighted by Gasteiger charge is 2.23. The zero-order valence-corrected chi connectivity index (χ0v) is 12.9. The molecular formula is C16H24N2O3. The van der Waals surface area contributed by atoms with Crippen molar-refractivity contribution in [3.05, 3.63) is 23.8 Å². The second-order valence-electron chi connectivity index (χ2n) is 6.39. The first-order chi connectivity index (χ1) is 9.87. The van der Waals surface area contributed by atoms with E-state index in [4.69, 9.17) is 4.74 Å². The molecule has 1 aromatic carbocycles. The van der Waals surface area contributed by atoms with E-state index >= 15 is 0 Å². The number of rotatable bonds is 2. The fraction of sp³-hybridized carbons (Fsp3) is 0.562. The van der Waals surface area contributed by atoms with Crippen LogP contribution in [0.25, 0.3) is 0 Å². The summed E-state index contributed by atoms with van der Waals surface area (Å²) < 4.78 is 5.27. The SMILES string of the molecule is CC(C)(C)OC(=O)Nc1c(O)cccc1C1CCNCC1. The molecule has 5 nitrogen and oxygen atoms in total. The molecule has 1 fully saturated rings. The Balaban J connectivity index is 2.19. The topological polar surface area (TPSA) is 70.6 Å². The number of nitrogens with one attached hydrogen (secondary N) is 2. The predicted molar refractivity (Wildman–Crippen MR) is 82.8 cm³/mol. The molecule has 116 valence electrons. The fourth-order valence-corrected chi connectivity index (χ4v) is 2.57. The van der Waals surface area contributed by atoms with Gasteiger partial charge >= 0.3 is 6.09 Å². The first-order valence-electron chi connectivity index (χ1n) is 7.39. The summed E-state index contributed by atoms with van der Waals surface area (Å²) in [5.74, 6) is 0.417. The van der Waals surface area contributed by atoms with Crippen LogP contribution in [0, 0.1) is 0 Å². The van der Waals surface area contributed by atoms with Crippen LogP contribution in [0.2, 0.25) is 0 Å². The van der Waals surface area contributed by atoms with Gasteiger partial charge in [-0.2, -0.15) is 0 Å². The molecule has 1 saturated heterocycles. The van der Waals surface area contributed by atoms with E-state index in [2.05, 4.69) is 10.6 Å². The number of aromatic hydroxyl groups is 1. The molecule has 3 N–H and O–H groups in total. The lowest BCUT2D eigenvalue weighted by Gasteiger charge is -2.26. The average Bonchev–Trinajstić information content (AvgIpc) is 2.40. The molecule has 1 aliphatic heterocycles. The van der Waals surface area contributed by atoms with Gasteiger partial charge in [0.25, 0.3) is 0 Å². The number of phenols is 1. The van der Waals surface area contributed by atoms with Crippen LogP contribution in [-0.4, -0.2) is 29.9 Å². The molecular weight excluding hydrogens is 268 g/mol. The van der Waals surface area contributed by atoms with Gasteiger partial charge in [0.05, 0.1) is 5.69 Å². The number of hydrogen-bond donors (Lipinski definition) is 3. The van der Waals surface area contributed by atoms with Crippen LogP contribution >= 0.6 is 0 Å². The van der Waals surface area contributed by atoms with E-state index in [9.17, 15) is 9.90 Å². The summed E-state index contributed by atoms with van der Waals surface area (Å²) in [5, 5.41) is 16.1. The Morgan fingerprint density at radius 1 is 1.33 bits per heavy atom.